The van der Waals surface area contributed by atoms with Gasteiger partial charge in [0, 0.05) is 0 Å². The summed E-state index contributed by atoms with van der Waals surface area (Å²) in [6.45, 7) is 1.95. The van der Waals surface area contributed by atoms with Gasteiger partial charge in [-0.15, -0.1) is 0 Å². The van der Waals surface area contributed by atoms with Crippen LogP contribution in [0, 0.1) is 17.3 Å². The second kappa shape index (κ2) is 1.99. The van der Waals surface area contributed by atoms with Gasteiger partial charge >= 0.3 is 5.97 Å². The highest BCUT2D eigenvalue weighted by atomic mass is 16.4. The minimum atomic E-state index is -0.329. The molecule has 2 aliphatic rings. The summed E-state index contributed by atoms with van der Waals surface area (Å²) in [5.41, 5.74) is -0.329. The number of aliphatic carboxylic acids is 1. The molecule has 2 rings (SSSR count). The Hall–Kier alpha value is -0.530. The maximum atomic E-state index is 11.3. The van der Waals surface area contributed by atoms with Gasteiger partial charge in [0.25, 0.3) is 1.43 Å². The summed E-state index contributed by atoms with van der Waals surface area (Å²) < 4.78 is 6.63. The summed E-state index contributed by atoms with van der Waals surface area (Å²) in [4.78, 5) is 11.3. The van der Waals surface area contributed by atoms with E-state index in [1.807, 2.05) is 6.92 Å². The summed E-state index contributed by atoms with van der Waals surface area (Å²) in [6.07, 6.45) is 4.53. The Morgan fingerprint density at radius 1 is 1.73 bits per heavy atom. The molecule has 0 spiro atoms. The van der Waals surface area contributed by atoms with Crippen molar-refractivity contribution in [3.63, 3.8) is 0 Å². The average molecular weight is 155 g/mol. The van der Waals surface area contributed by atoms with Gasteiger partial charge in [0.15, 0.2) is 0 Å². The lowest BCUT2D eigenvalue weighted by Crippen LogP contribution is -2.32. The Morgan fingerprint density at radius 2 is 2.55 bits per heavy atom. The highest BCUT2D eigenvalue weighted by molar-refractivity contribution is 5.75. The molecule has 0 aromatic heterocycles. The zero-order chi connectivity index (χ0) is 8.77. The quantitative estimate of drug-likeness (QED) is 0.628. The van der Waals surface area contributed by atoms with Crippen LogP contribution in [0.25, 0.3) is 1.43 Å². The molecule has 0 aromatic carbocycles. The zero-order valence-electron chi connectivity index (χ0n) is 7.80. The van der Waals surface area contributed by atoms with Gasteiger partial charge in [-0.3, -0.25) is 4.79 Å². The van der Waals surface area contributed by atoms with Gasteiger partial charge < -0.3 is 5.11 Å². The van der Waals surface area contributed by atoms with Crippen molar-refractivity contribution in [3.05, 3.63) is 0 Å². The summed E-state index contributed by atoms with van der Waals surface area (Å²) in [7, 11) is 0. The van der Waals surface area contributed by atoms with Gasteiger partial charge in [-0.05, 0) is 38.0 Å². The Balaban J connectivity index is 2.17. The van der Waals surface area contributed by atoms with Crippen LogP contribution in [0.2, 0.25) is 0 Å². The van der Waals surface area contributed by atoms with Crippen LogP contribution in [-0.2, 0) is 4.79 Å². The smallest absolute Gasteiger partial charge is 0.309 e. The number of rotatable bonds is 1. The molecule has 2 fully saturated rings. The maximum Gasteiger partial charge on any atom is 0.309 e. The van der Waals surface area contributed by atoms with Crippen molar-refractivity contribution < 1.29 is 9.90 Å². The highest BCUT2D eigenvalue weighted by Crippen LogP contribution is 2.55. The molecule has 2 nitrogen and oxygen atoms in total. The zero-order valence-corrected chi connectivity index (χ0v) is 6.80. The van der Waals surface area contributed by atoms with Gasteiger partial charge in [-0.2, -0.15) is 0 Å². The molecule has 2 saturated carbocycles. The number of hydrogen-bond acceptors (Lipinski definition) is 2. The summed E-state index contributed by atoms with van der Waals surface area (Å²) >= 11 is 0. The molecule has 0 saturated heterocycles. The standard InChI is InChI=1S/C9H14O2/c1-9(8(10)11)5-6-2-3-7(9)4-6/h6-7H,2-5H2,1H3,(H,10,11)/i/hD. The first-order chi connectivity index (χ1) is 5.66. The Bertz CT molecular complexity index is 217. The second-order valence-corrected chi connectivity index (χ2v) is 4.29. The first-order valence-electron chi connectivity index (χ1n) is 4.75. The molecule has 3 unspecified atom stereocenters. The van der Waals surface area contributed by atoms with Crippen LogP contribution in [0.3, 0.4) is 0 Å². The summed E-state index contributed by atoms with van der Waals surface area (Å²) in [6, 6.07) is 0. The van der Waals surface area contributed by atoms with Gasteiger partial charge in [-0.1, -0.05) is 6.42 Å². The molecule has 0 radical (unpaired) electrons. The predicted octanol–water partition coefficient (Wildman–Crippen LogP) is 1.90. The van der Waals surface area contributed by atoms with Crippen LogP contribution >= 0.6 is 0 Å². The number of carboxylic acid groups (broad SMARTS) is 1. The van der Waals surface area contributed by atoms with E-state index in [0.29, 0.717) is 5.92 Å². The molecule has 0 heterocycles. The van der Waals surface area contributed by atoms with E-state index in [2.05, 4.69) is 5.11 Å². The fraction of sp³-hybridized carbons (Fsp3) is 0.889. The van der Waals surface area contributed by atoms with Crippen LogP contribution < -0.4 is 0 Å². The van der Waals surface area contributed by atoms with E-state index in [1.165, 1.54) is 12.8 Å². The molecule has 0 aromatic rings. The molecular formula is C9H14O2. The molecule has 3 atom stereocenters. The number of hydrogen-bond donors (Lipinski definition) is 1. The van der Waals surface area contributed by atoms with Gasteiger partial charge in [-0.25, -0.2) is 0 Å². The summed E-state index contributed by atoms with van der Waals surface area (Å²) in [5.74, 6) is 0.883. The lowest BCUT2D eigenvalue weighted by atomic mass is 9.75. The van der Waals surface area contributed by atoms with Crippen molar-refractivity contribution in [2.45, 2.75) is 32.6 Å². The van der Waals surface area contributed by atoms with E-state index >= 15 is 0 Å². The number of fused-ring (bicyclic) bond motifs is 2. The van der Waals surface area contributed by atoms with Crippen LogP contribution in [-0.4, -0.2) is 11.1 Å². The first-order valence-corrected chi connectivity index (χ1v) is 4.34. The van der Waals surface area contributed by atoms with E-state index in [4.69, 9.17) is 1.43 Å². The lowest BCUT2D eigenvalue weighted by molar-refractivity contribution is -0.151. The molecule has 62 valence electrons. The van der Waals surface area contributed by atoms with Crippen molar-refractivity contribution in [1.29, 1.82) is 1.43 Å². The van der Waals surface area contributed by atoms with Crippen molar-refractivity contribution >= 4 is 5.97 Å². The summed E-state index contributed by atoms with van der Waals surface area (Å²) in [5, 5.41) is 4.10. The number of carbonyl (C=O) groups is 1. The fourth-order valence-corrected chi connectivity index (χ4v) is 2.86. The lowest BCUT2D eigenvalue weighted by Gasteiger charge is -2.28. The van der Waals surface area contributed by atoms with Crippen molar-refractivity contribution in [2.24, 2.45) is 17.3 Å². The van der Waals surface area contributed by atoms with Crippen LogP contribution in [0.15, 0.2) is 0 Å². The Kier molecular flexibility index (Phi) is 1.09. The Morgan fingerprint density at radius 3 is 3.00 bits per heavy atom. The van der Waals surface area contributed by atoms with Crippen molar-refractivity contribution in [3.8, 4) is 0 Å². The topological polar surface area (TPSA) is 37.3 Å². The molecule has 1 N–H and O–H groups in total. The monoisotopic (exact) mass is 155 g/mol. The molecule has 0 amide bonds. The molecule has 2 heteroatoms. The van der Waals surface area contributed by atoms with Crippen molar-refractivity contribution in [1.82, 2.24) is 0 Å². The third kappa shape index (κ3) is 0.815. The van der Waals surface area contributed by atoms with E-state index in [-0.39, 0.29) is 11.4 Å². The average Bonchev–Trinajstić information content (AvgIpc) is 2.62. The minimum absolute atomic E-state index is 0.324. The fourth-order valence-electron chi connectivity index (χ4n) is 2.86. The second-order valence-electron chi connectivity index (χ2n) is 4.29. The van der Waals surface area contributed by atoms with Crippen molar-refractivity contribution in [2.75, 3.05) is 0 Å². The largest absolute Gasteiger partial charge is 0.481 e. The van der Waals surface area contributed by atoms with E-state index < -0.39 is 0 Å². The van der Waals surface area contributed by atoms with Crippen LogP contribution in [0.1, 0.15) is 32.6 Å². The predicted molar refractivity (Wildman–Crippen MR) is 41.2 cm³/mol. The molecular weight excluding hydrogens is 140 g/mol. The molecule has 2 bridgehead atoms. The van der Waals surface area contributed by atoms with Crippen LogP contribution in [0.4, 0.5) is 0 Å². The van der Waals surface area contributed by atoms with E-state index in [0.717, 1.165) is 18.8 Å². The Labute approximate surface area is 68.1 Å². The van der Waals surface area contributed by atoms with Gasteiger partial charge in [0.2, 0.25) is 0 Å². The molecule has 11 heavy (non-hydrogen) atoms. The third-order valence-corrected chi connectivity index (χ3v) is 3.62. The van der Waals surface area contributed by atoms with E-state index in [9.17, 15) is 4.79 Å². The maximum absolute atomic E-state index is 11.3. The van der Waals surface area contributed by atoms with E-state index in [1.54, 1.807) is 0 Å². The molecule has 0 aliphatic heterocycles. The normalized spacial score (nSPS) is 49.0. The number of carboxylic acids is 1. The SMILES string of the molecule is [2H]OC(=O)C1(C)CC2CCC1C2. The highest BCUT2D eigenvalue weighted by Gasteiger charge is 2.52. The third-order valence-electron chi connectivity index (χ3n) is 3.62. The first kappa shape index (κ1) is 6.04. The van der Waals surface area contributed by atoms with Gasteiger partial charge in [0.1, 0.15) is 0 Å². The van der Waals surface area contributed by atoms with Crippen LogP contribution in [0.5, 0.6) is 0 Å². The molecule has 2 aliphatic carbocycles. The van der Waals surface area contributed by atoms with Gasteiger partial charge in [0.05, 0.1) is 5.41 Å². The minimum Gasteiger partial charge on any atom is -0.481 e.